The maximum atomic E-state index is 14.4. The second-order valence-corrected chi connectivity index (χ2v) is 19.7. The van der Waals surface area contributed by atoms with Gasteiger partial charge in [-0.2, -0.15) is 10.0 Å². The van der Waals surface area contributed by atoms with Crippen LogP contribution < -0.4 is 15.0 Å². The standard InChI is InChI=1S/C51H58N12O6/c1-9-67-45-43-42(58-46(59-45)60-20-18-52-19-21-60)35-16-14-31(23-37(35)56-43)39-24-33(27-61(39)48(66)69-50(6,7)8)51(49(3,4)5)29-63(68-10-2)40(28-62(51)47(64)65)44-54-26-38-41(57-44)34-15-13-30(22-36(34)55-38)32-12-11-17-53-25-32/h11-17,22-27,40,52,55-56H,9-10,18-21,28-29H2,1-8H3,(H,64,65). The lowest BCUT2D eigenvalue weighted by atomic mass is 9.67. The van der Waals surface area contributed by atoms with E-state index in [1.807, 2.05) is 115 Å². The SMILES string of the molecule is CCOc1nc(N2CCNCC2)nc2c1[nH]c1cc(-c3cc(C4(C(C)(C)C)CN(OCC)C(c5ncc6[nH]c7cc(-c8cccnc8)ccc7c6n5)CN4C(=O)O)cn3C(=O)OC(C)(C)C)ccc12. The smallest absolute Gasteiger partial charge is 0.419 e. The number of nitrogens with one attached hydrogen (secondary N) is 3. The lowest BCUT2D eigenvalue weighted by Crippen LogP contribution is -2.67. The van der Waals surface area contributed by atoms with Crippen LogP contribution in [0.25, 0.3) is 66.3 Å². The van der Waals surface area contributed by atoms with Gasteiger partial charge in [0.05, 0.1) is 54.8 Å². The topological polar surface area (TPSA) is 205 Å². The number of piperazine rings is 2. The Balaban J connectivity index is 1.08. The van der Waals surface area contributed by atoms with Crippen LogP contribution in [0.2, 0.25) is 0 Å². The molecule has 0 bridgehead atoms. The summed E-state index contributed by atoms with van der Waals surface area (Å²) in [6.07, 6.45) is 5.29. The molecule has 6 aromatic heterocycles. The Morgan fingerprint density at radius 3 is 2.28 bits per heavy atom. The summed E-state index contributed by atoms with van der Waals surface area (Å²) in [5.74, 6) is 1.48. The van der Waals surface area contributed by atoms with E-state index in [0.29, 0.717) is 58.7 Å². The van der Waals surface area contributed by atoms with Crippen molar-refractivity contribution in [3.63, 3.8) is 0 Å². The first-order valence-electron chi connectivity index (χ1n) is 23.5. The zero-order chi connectivity index (χ0) is 48.4. The normalized spacial score (nSPS) is 18.5. The quantitative estimate of drug-likeness (QED) is 0.107. The van der Waals surface area contributed by atoms with Crippen LogP contribution in [0, 0.1) is 5.41 Å². The number of amides is 1. The van der Waals surface area contributed by atoms with Gasteiger partial charge in [-0.3, -0.25) is 19.3 Å². The average molecular weight is 935 g/mol. The van der Waals surface area contributed by atoms with Crippen molar-refractivity contribution in [2.75, 3.05) is 57.4 Å². The van der Waals surface area contributed by atoms with Gasteiger partial charge < -0.3 is 34.8 Å². The van der Waals surface area contributed by atoms with Crippen molar-refractivity contribution in [2.45, 2.75) is 72.6 Å². The Kier molecular flexibility index (Phi) is 11.5. The molecule has 8 aromatic rings. The van der Waals surface area contributed by atoms with Crippen LogP contribution in [0.15, 0.2) is 79.4 Å². The predicted octanol–water partition coefficient (Wildman–Crippen LogP) is 8.89. The minimum Gasteiger partial charge on any atom is -0.476 e. The summed E-state index contributed by atoms with van der Waals surface area (Å²) in [7, 11) is 0. The van der Waals surface area contributed by atoms with Gasteiger partial charge in [0.2, 0.25) is 11.8 Å². The third kappa shape index (κ3) is 8.15. The van der Waals surface area contributed by atoms with Crippen molar-refractivity contribution in [2.24, 2.45) is 5.41 Å². The van der Waals surface area contributed by atoms with Crippen molar-refractivity contribution >= 4 is 62.0 Å². The highest BCUT2D eigenvalue weighted by atomic mass is 16.7. The van der Waals surface area contributed by atoms with Gasteiger partial charge in [-0.25, -0.2) is 24.5 Å². The molecule has 18 heteroatoms. The predicted molar refractivity (Wildman–Crippen MR) is 264 cm³/mol. The number of benzene rings is 2. The summed E-state index contributed by atoms with van der Waals surface area (Å²) >= 11 is 0. The number of carboxylic acid groups (broad SMARTS) is 1. The van der Waals surface area contributed by atoms with Crippen LogP contribution in [0.4, 0.5) is 15.5 Å². The van der Waals surface area contributed by atoms with Crippen LogP contribution >= 0.6 is 0 Å². The molecule has 8 heterocycles. The summed E-state index contributed by atoms with van der Waals surface area (Å²) in [6.45, 7) is 19.3. The fraction of sp³-hybridized carbons (Fsp3) is 0.392. The molecule has 2 aliphatic heterocycles. The van der Waals surface area contributed by atoms with Crippen LogP contribution in [0.5, 0.6) is 5.88 Å². The van der Waals surface area contributed by atoms with Crippen molar-refractivity contribution in [1.29, 1.82) is 0 Å². The van der Waals surface area contributed by atoms with E-state index in [4.69, 9.17) is 34.2 Å². The number of hydrogen-bond donors (Lipinski definition) is 4. The number of carbonyl (C=O) groups excluding carboxylic acids is 1. The number of anilines is 1. The maximum Gasteiger partial charge on any atom is 0.419 e. The number of ether oxygens (including phenoxy) is 2. The number of hydrogen-bond acceptors (Lipinski definition) is 13. The largest absolute Gasteiger partial charge is 0.476 e. The first kappa shape index (κ1) is 45.6. The van der Waals surface area contributed by atoms with Gasteiger partial charge in [-0.05, 0) is 81.5 Å². The maximum absolute atomic E-state index is 14.4. The summed E-state index contributed by atoms with van der Waals surface area (Å²) in [5, 5.41) is 18.3. The van der Waals surface area contributed by atoms with Crippen LogP contribution in [0.1, 0.15) is 72.8 Å². The minimum absolute atomic E-state index is 0.0429. The molecule has 18 nitrogen and oxygen atoms in total. The van der Waals surface area contributed by atoms with E-state index in [0.717, 1.165) is 70.1 Å². The molecular formula is C51H58N12O6. The van der Waals surface area contributed by atoms with E-state index in [1.54, 1.807) is 18.6 Å². The molecule has 0 radical (unpaired) electrons. The molecule has 0 aliphatic carbocycles. The first-order chi connectivity index (χ1) is 33.1. The van der Waals surface area contributed by atoms with Crippen molar-refractivity contribution in [3.8, 4) is 28.3 Å². The van der Waals surface area contributed by atoms with Crippen molar-refractivity contribution < 1.29 is 29.0 Å². The highest BCUT2D eigenvalue weighted by Gasteiger charge is 2.57. The lowest BCUT2D eigenvalue weighted by molar-refractivity contribution is -0.245. The molecule has 10 rings (SSSR count). The number of hydroxylamine groups is 2. The number of aromatic nitrogens is 8. The van der Waals surface area contributed by atoms with Crippen LogP contribution in [-0.2, 0) is 15.1 Å². The van der Waals surface area contributed by atoms with Gasteiger partial charge in [0.1, 0.15) is 28.5 Å². The van der Waals surface area contributed by atoms with Crippen molar-refractivity contribution in [1.82, 2.24) is 54.7 Å². The molecule has 2 unspecified atom stereocenters. The molecule has 0 spiro atoms. The zero-order valence-corrected chi connectivity index (χ0v) is 40.3. The van der Waals surface area contributed by atoms with Crippen molar-refractivity contribution in [3.05, 3.63) is 90.8 Å². The molecule has 0 saturated carbocycles. The average Bonchev–Trinajstić information content (AvgIpc) is 4.05. The number of aromatic amines is 2. The van der Waals surface area contributed by atoms with Gasteiger partial charge in [0.25, 0.3) is 0 Å². The number of fused-ring (bicyclic) bond motifs is 6. The van der Waals surface area contributed by atoms with E-state index < -0.39 is 34.8 Å². The third-order valence-electron chi connectivity index (χ3n) is 13.2. The van der Waals surface area contributed by atoms with Crippen LogP contribution in [-0.4, -0.2) is 125 Å². The molecule has 2 saturated heterocycles. The van der Waals surface area contributed by atoms with E-state index in [9.17, 15) is 14.7 Å². The Labute approximate surface area is 399 Å². The highest BCUT2D eigenvalue weighted by molar-refractivity contribution is 6.08. The minimum atomic E-state index is -1.28. The van der Waals surface area contributed by atoms with E-state index in [-0.39, 0.29) is 13.1 Å². The number of nitrogens with zero attached hydrogens (tertiary/aromatic N) is 9. The summed E-state index contributed by atoms with van der Waals surface area (Å²) < 4.78 is 13.6. The Morgan fingerprint density at radius 1 is 0.841 bits per heavy atom. The molecule has 69 heavy (non-hydrogen) atoms. The number of carbonyl (C=O) groups is 2. The lowest BCUT2D eigenvalue weighted by Gasteiger charge is -2.57. The highest BCUT2D eigenvalue weighted by Crippen LogP contribution is 2.51. The van der Waals surface area contributed by atoms with Gasteiger partial charge in [0.15, 0.2) is 0 Å². The van der Waals surface area contributed by atoms with Gasteiger partial charge in [-0.1, -0.05) is 45.0 Å². The van der Waals surface area contributed by atoms with E-state index in [2.05, 4.69) is 31.2 Å². The Hall–Kier alpha value is -7.15. The molecule has 2 aromatic carbocycles. The Bertz CT molecular complexity index is 3240. The monoisotopic (exact) mass is 934 g/mol. The second kappa shape index (κ2) is 17.4. The molecular weight excluding hydrogens is 877 g/mol. The second-order valence-electron chi connectivity index (χ2n) is 19.7. The summed E-state index contributed by atoms with van der Waals surface area (Å²) in [6, 6.07) is 17.2. The van der Waals surface area contributed by atoms with E-state index in [1.165, 1.54) is 9.47 Å². The van der Waals surface area contributed by atoms with Crippen LogP contribution in [0.3, 0.4) is 0 Å². The third-order valence-corrected chi connectivity index (χ3v) is 13.2. The molecule has 2 atom stereocenters. The van der Waals surface area contributed by atoms with Gasteiger partial charge >= 0.3 is 12.2 Å². The molecule has 4 N–H and O–H groups in total. The number of rotatable bonds is 9. The fourth-order valence-electron chi connectivity index (χ4n) is 9.99. The first-order valence-corrected chi connectivity index (χ1v) is 23.5. The fourth-order valence-corrected chi connectivity index (χ4v) is 9.99. The molecule has 2 fully saturated rings. The summed E-state index contributed by atoms with van der Waals surface area (Å²) in [5.41, 5.74) is 5.41. The summed E-state index contributed by atoms with van der Waals surface area (Å²) in [4.78, 5) is 69.5. The van der Waals surface area contributed by atoms with Gasteiger partial charge in [-0.15, -0.1) is 0 Å². The zero-order valence-electron chi connectivity index (χ0n) is 40.3. The molecule has 1 amide bonds. The number of pyridine rings is 1. The van der Waals surface area contributed by atoms with E-state index >= 15 is 0 Å². The molecule has 358 valence electrons. The molecule has 2 aliphatic rings. The van der Waals surface area contributed by atoms with Gasteiger partial charge in [0, 0.05) is 77.7 Å². The number of H-pyrrole nitrogens is 2. The Morgan fingerprint density at radius 2 is 1.58 bits per heavy atom.